The van der Waals surface area contributed by atoms with Crippen molar-refractivity contribution in [2.75, 3.05) is 12.8 Å². The van der Waals surface area contributed by atoms with Crippen molar-refractivity contribution in [3.8, 4) is 0 Å². The van der Waals surface area contributed by atoms with Gasteiger partial charge in [-0.3, -0.25) is 10.1 Å². The number of amides is 1. The summed E-state index contributed by atoms with van der Waals surface area (Å²) in [5.74, 6) is 0.762. The fourth-order valence-electron chi connectivity index (χ4n) is 2.75. The fraction of sp³-hybridized carbons (Fsp3) is 0.929. The topological polar surface area (TPSA) is 32.3 Å². The summed E-state index contributed by atoms with van der Waals surface area (Å²) in [6.07, 6.45) is 7.02. The van der Waals surface area contributed by atoms with Crippen LogP contribution in [0.2, 0.25) is 0 Å². The zero-order valence-electron chi connectivity index (χ0n) is 12.0. The molecule has 0 bridgehead atoms. The molecule has 1 heterocycles. The van der Waals surface area contributed by atoms with Gasteiger partial charge in [0.25, 0.3) is 0 Å². The molecule has 1 amide bonds. The Hall–Kier alpha value is -0.220. The maximum Gasteiger partial charge on any atom is 0.241 e. The van der Waals surface area contributed by atoms with Gasteiger partial charge in [-0.25, -0.2) is 0 Å². The van der Waals surface area contributed by atoms with Crippen LogP contribution in [0, 0.1) is 5.92 Å². The van der Waals surface area contributed by atoms with Gasteiger partial charge in [0.05, 0.1) is 12.2 Å². The van der Waals surface area contributed by atoms with Gasteiger partial charge in [0.1, 0.15) is 0 Å². The number of hydrogen-bond donors (Lipinski definition) is 1. The van der Waals surface area contributed by atoms with E-state index in [1.165, 1.54) is 12.8 Å². The zero-order valence-corrected chi connectivity index (χ0v) is 12.8. The van der Waals surface area contributed by atoms with Crippen molar-refractivity contribution in [2.45, 2.75) is 63.4 Å². The molecule has 0 aromatic heterocycles. The van der Waals surface area contributed by atoms with Gasteiger partial charge in [-0.1, -0.05) is 27.2 Å². The van der Waals surface area contributed by atoms with E-state index in [1.807, 2.05) is 11.8 Å². The van der Waals surface area contributed by atoms with E-state index in [4.69, 9.17) is 0 Å². The van der Waals surface area contributed by atoms with Gasteiger partial charge >= 0.3 is 0 Å². The minimum absolute atomic E-state index is 0.0395. The predicted molar refractivity (Wildman–Crippen MR) is 77.7 cm³/mol. The largest absolute Gasteiger partial charge is 0.324 e. The Morgan fingerprint density at radius 3 is 2.61 bits per heavy atom. The normalized spacial score (nSPS) is 31.8. The second-order valence-corrected chi connectivity index (χ2v) is 7.08. The quantitative estimate of drug-likeness (QED) is 0.805. The van der Waals surface area contributed by atoms with Crippen molar-refractivity contribution in [1.82, 2.24) is 10.2 Å². The first-order chi connectivity index (χ1) is 8.56. The molecule has 1 N–H and O–H groups in total. The molecule has 1 aliphatic heterocycles. The summed E-state index contributed by atoms with van der Waals surface area (Å²) >= 11 is 1.93. The fourth-order valence-corrected chi connectivity index (χ4v) is 3.53. The molecule has 104 valence electrons. The molecule has 3 nitrogen and oxygen atoms in total. The average Bonchev–Trinajstić information content (AvgIpc) is 3.10. The van der Waals surface area contributed by atoms with Gasteiger partial charge in [0, 0.05) is 11.3 Å². The van der Waals surface area contributed by atoms with Gasteiger partial charge in [0.2, 0.25) is 5.91 Å². The van der Waals surface area contributed by atoms with E-state index in [0.29, 0.717) is 16.6 Å². The lowest BCUT2D eigenvalue weighted by molar-refractivity contribution is -0.131. The van der Waals surface area contributed by atoms with Gasteiger partial charge < -0.3 is 4.90 Å². The Balaban J connectivity index is 2.06. The van der Waals surface area contributed by atoms with E-state index >= 15 is 0 Å². The van der Waals surface area contributed by atoms with Gasteiger partial charge in [0.15, 0.2) is 0 Å². The third kappa shape index (κ3) is 2.55. The summed E-state index contributed by atoms with van der Waals surface area (Å²) in [6.45, 7) is 7.43. The molecule has 4 heteroatoms. The summed E-state index contributed by atoms with van der Waals surface area (Å²) < 4.78 is 0.370. The molecule has 0 aromatic carbocycles. The van der Waals surface area contributed by atoms with E-state index in [0.717, 1.165) is 19.4 Å². The van der Waals surface area contributed by atoms with Crippen molar-refractivity contribution < 1.29 is 4.79 Å². The lowest BCUT2D eigenvalue weighted by Crippen LogP contribution is -2.41. The molecular weight excluding hydrogens is 244 g/mol. The van der Waals surface area contributed by atoms with Crippen molar-refractivity contribution in [1.29, 1.82) is 0 Å². The van der Waals surface area contributed by atoms with Crippen LogP contribution in [0.15, 0.2) is 0 Å². The average molecular weight is 270 g/mol. The van der Waals surface area contributed by atoms with Crippen molar-refractivity contribution in [3.63, 3.8) is 0 Å². The molecule has 3 unspecified atom stereocenters. The number of carbonyl (C=O) groups is 1. The number of nitrogens with one attached hydrogen (secondary N) is 1. The molecule has 2 fully saturated rings. The summed E-state index contributed by atoms with van der Waals surface area (Å²) in [6, 6.07) is 0.0395. The summed E-state index contributed by atoms with van der Waals surface area (Å²) in [4.78, 5) is 14.7. The number of hydrogen-bond acceptors (Lipinski definition) is 3. The zero-order chi connectivity index (χ0) is 13.3. The molecule has 0 aromatic rings. The predicted octanol–water partition coefficient (Wildman–Crippen LogP) is 2.46. The summed E-state index contributed by atoms with van der Waals surface area (Å²) in [5, 5.41) is 3.53. The molecule has 1 saturated heterocycles. The first kappa shape index (κ1) is 14.2. The van der Waals surface area contributed by atoms with E-state index in [2.05, 4.69) is 37.2 Å². The third-order valence-corrected chi connectivity index (χ3v) is 6.00. The Labute approximate surface area is 115 Å². The molecule has 18 heavy (non-hydrogen) atoms. The van der Waals surface area contributed by atoms with Crippen molar-refractivity contribution in [3.05, 3.63) is 0 Å². The summed E-state index contributed by atoms with van der Waals surface area (Å²) in [5.41, 5.74) is 0. The number of thioether (sulfide) groups is 1. The van der Waals surface area contributed by atoms with Crippen LogP contribution in [0.5, 0.6) is 0 Å². The highest BCUT2D eigenvalue weighted by molar-refractivity contribution is 8.00. The van der Waals surface area contributed by atoms with Crippen LogP contribution in [0.4, 0.5) is 0 Å². The second kappa shape index (κ2) is 5.41. The highest BCUT2D eigenvalue weighted by atomic mass is 32.2. The maximum atomic E-state index is 12.6. The standard InChI is InChI=1S/C14H26N2OS/c1-5-10(3)12-13(17)16(11(6-2)15-12)9-14(18-4)7-8-14/h10-12,15H,5-9H2,1-4H3. The Morgan fingerprint density at radius 2 is 2.17 bits per heavy atom. The van der Waals surface area contributed by atoms with Gasteiger partial charge in [-0.15, -0.1) is 0 Å². The minimum atomic E-state index is 0.0395. The second-order valence-electron chi connectivity index (χ2n) is 5.81. The molecule has 2 aliphatic rings. The molecular formula is C14H26N2OS. The van der Waals surface area contributed by atoms with Crippen molar-refractivity contribution >= 4 is 17.7 Å². The van der Waals surface area contributed by atoms with Gasteiger partial charge in [-0.2, -0.15) is 11.8 Å². The third-order valence-electron chi connectivity index (χ3n) is 4.60. The minimum Gasteiger partial charge on any atom is -0.324 e. The van der Waals surface area contributed by atoms with E-state index in [9.17, 15) is 4.79 Å². The Kier molecular flexibility index (Phi) is 4.27. The molecule has 1 saturated carbocycles. The van der Waals surface area contributed by atoms with Crippen LogP contribution < -0.4 is 5.32 Å². The number of nitrogens with zero attached hydrogens (tertiary/aromatic N) is 1. The van der Waals surface area contributed by atoms with E-state index < -0.39 is 0 Å². The molecule has 3 atom stereocenters. The monoisotopic (exact) mass is 270 g/mol. The Bertz CT molecular complexity index is 317. The van der Waals surface area contributed by atoms with Crippen LogP contribution in [-0.4, -0.2) is 40.6 Å². The first-order valence-corrected chi connectivity index (χ1v) is 8.41. The van der Waals surface area contributed by atoms with Crippen LogP contribution >= 0.6 is 11.8 Å². The lowest BCUT2D eigenvalue weighted by atomic mass is 9.99. The Morgan fingerprint density at radius 1 is 1.50 bits per heavy atom. The van der Waals surface area contributed by atoms with Crippen LogP contribution in [0.1, 0.15) is 46.5 Å². The van der Waals surface area contributed by atoms with Crippen LogP contribution in [-0.2, 0) is 4.79 Å². The maximum absolute atomic E-state index is 12.6. The van der Waals surface area contributed by atoms with Crippen LogP contribution in [0.25, 0.3) is 0 Å². The number of carbonyl (C=O) groups excluding carboxylic acids is 1. The van der Waals surface area contributed by atoms with E-state index in [-0.39, 0.29) is 12.2 Å². The SMILES string of the molecule is CCC(C)C1NC(CC)N(CC2(SC)CC2)C1=O. The molecule has 0 radical (unpaired) electrons. The van der Waals surface area contributed by atoms with Crippen molar-refractivity contribution in [2.24, 2.45) is 5.92 Å². The molecule has 0 spiro atoms. The van der Waals surface area contributed by atoms with E-state index in [1.54, 1.807) is 0 Å². The lowest BCUT2D eigenvalue weighted by Gasteiger charge is -2.27. The smallest absolute Gasteiger partial charge is 0.241 e. The van der Waals surface area contributed by atoms with Crippen LogP contribution in [0.3, 0.4) is 0 Å². The molecule has 1 aliphatic carbocycles. The molecule has 2 rings (SSSR count). The summed E-state index contributed by atoms with van der Waals surface area (Å²) in [7, 11) is 0. The highest BCUT2D eigenvalue weighted by Gasteiger charge is 2.49. The first-order valence-electron chi connectivity index (χ1n) is 7.18. The number of rotatable bonds is 6. The van der Waals surface area contributed by atoms with Gasteiger partial charge in [-0.05, 0) is 31.4 Å². The highest BCUT2D eigenvalue weighted by Crippen LogP contribution is 2.48.